The van der Waals surface area contributed by atoms with Gasteiger partial charge >= 0.3 is 0 Å². The summed E-state index contributed by atoms with van der Waals surface area (Å²) < 4.78 is 31.8. The largest absolute Gasteiger partial charge is 0.491 e. The molecule has 174 valence electrons. The van der Waals surface area contributed by atoms with Crippen LogP contribution in [0.15, 0.2) is 66.7 Å². The van der Waals surface area contributed by atoms with Crippen LogP contribution in [0.5, 0.6) is 5.75 Å². The number of hydrogen-bond acceptors (Lipinski definition) is 4. The molecule has 33 heavy (non-hydrogen) atoms. The first kappa shape index (κ1) is 24.9. The maximum atomic E-state index is 12.7. The zero-order valence-corrected chi connectivity index (χ0v) is 20.7. The Morgan fingerprint density at radius 3 is 2.18 bits per heavy atom. The first-order chi connectivity index (χ1) is 15.5. The second-order valence-electron chi connectivity index (χ2n) is 7.67. The van der Waals surface area contributed by atoms with Gasteiger partial charge in [0, 0.05) is 32.9 Å². The van der Waals surface area contributed by atoms with Crippen LogP contribution in [0.4, 0.5) is 11.4 Å². The summed E-state index contributed by atoms with van der Waals surface area (Å²) in [4.78, 5) is 12.7. The van der Waals surface area contributed by atoms with Gasteiger partial charge in [0.05, 0.1) is 24.6 Å². The molecule has 9 heteroatoms. The lowest BCUT2D eigenvalue weighted by atomic mass is 10.1. The highest BCUT2D eigenvalue weighted by molar-refractivity contribution is 7.92. The van der Waals surface area contributed by atoms with Crippen molar-refractivity contribution < 1.29 is 17.9 Å². The molecule has 0 aromatic heterocycles. The van der Waals surface area contributed by atoms with Crippen LogP contribution in [0.2, 0.25) is 10.0 Å². The highest BCUT2D eigenvalue weighted by Crippen LogP contribution is 2.29. The first-order valence-corrected chi connectivity index (χ1v) is 12.7. The molecule has 6 nitrogen and oxygen atoms in total. The van der Waals surface area contributed by atoms with Gasteiger partial charge in [0.25, 0.3) is 5.91 Å². The summed E-state index contributed by atoms with van der Waals surface area (Å²) in [5, 5.41) is 3.56. The molecule has 0 saturated carbocycles. The molecule has 0 fully saturated rings. The molecule has 0 saturated heterocycles. The molecule has 0 spiro atoms. The SMILES string of the molecule is CC(C)Oc1cccc(NC(=O)c2ccc(N(Cc3c(Cl)cccc3Cl)S(C)(=O)=O)cc2)c1. The zero-order chi connectivity index (χ0) is 24.2. The van der Waals surface area contributed by atoms with E-state index in [0.29, 0.717) is 38.3 Å². The Labute approximate surface area is 204 Å². The lowest BCUT2D eigenvalue weighted by Gasteiger charge is -2.23. The molecule has 0 aliphatic carbocycles. The Balaban J connectivity index is 1.80. The van der Waals surface area contributed by atoms with Crippen molar-refractivity contribution in [3.05, 3.63) is 87.9 Å². The second-order valence-corrected chi connectivity index (χ2v) is 10.4. The molecule has 0 radical (unpaired) electrons. The van der Waals surface area contributed by atoms with Crippen molar-refractivity contribution in [2.75, 3.05) is 15.9 Å². The zero-order valence-electron chi connectivity index (χ0n) is 18.4. The number of nitrogens with one attached hydrogen (secondary N) is 1. The number of anilines is 2. The normalized spacial score (nSPS) is 11.3. The lowest BCUT2D eigenvalue weighted by Crippen LogP contribution is -2.29. The van der Waals surface area contributed by atoms with Crippen LogP contribution in [0.3, 0.4) is 0 Å². The van der Waals surface area contributed by atoms with Gasteiger partial charge in [-0.25, -0.2) is 8.42 Å². The van der Waals surface area contributed by atoms with Gasteiger partial charge in [0.1, 0.15) is 5.75 Å². The standard InChI is InChI=1S/C24H24Cl2N2O4S/c1-16(2)32-20-7-4-6-18(14-20)27-24(29)17-10-12-19(13-11-17)28(33(3,30)31)15-21-22(25)8-5-9-23(21)26/h4-14,16H,15H2,1-3H3,(H,27,29). The van der Waals surface area contributed by atoms with E-state index >= 15 is 0 Å². The molecule has 0 bridgehead atoms. The maximum absolute atomic E-state index is 12.7. The van der Waals surface area contributed by atoms with E-state index in [4.69, 9.17) is 27.9 Å². The Morgan fingerprint density at radius 2 is 1.61 bits per heavy atom. The number of carbonyl (C=O) groups is 1. The monoisotopic (exact) mass is 506 g/mol. The summed E-state index contributed by atoms with van der Waals surface area (Å²) in [5.74, 6) is 0.323. The number of halogens is 2. The minimum atomic E-state index is -3.64. The quantitative estimate of drug-likeness (QED) is 0.406. The van der Waals surface area contributed by atoms with Gasteiger partial charge in [-0.05, 0) is 62.4 Å². The van der Waals surface area contributed by atoms with Crippen molar-refractivity contribution in [2.24, 2.45) is 0 Å². The van der Waals surface area contributed by atoms with Crippen LogP contribution < -0.4 is 14.4 Å². The molecule has 0 aliphatic heterocycles. The van der Waals surface area contributed by atoms with E-state index in [1.807, 2.05) is 19.9 Å². The Morgan fingerprint density at radius 1 is 1.00 bits per heavy atom. The first-order valence-electron chi connectivity index (χ1n) is 10.1. The summed E-state index contributed by atoms with van der Waals surface area (Å²) in [5.41, 5.74) is 1.85. The fraction of sp³-hybridized carbons (Fsp3) is 0.208. The van der Waals surface area contributed by atoms with Crippen LogP contribution in [0.25, 0.3) is 0 Å². The van der Waals surface area contributed by atoms with E-state index in [0.717, 1.165) is 6.26 Å². The van der Waals surface area contributed by atoms with Gasteiger partial charge in [-0.3, -0.25) is 9.10 Å². The van der Waals surface area contributed by atoms with E-state index in [1.54, 1.807) is 60.7 Å². The van der Waals surface area contributed by atoms with Crippen LogP contribution in [0.1, 0.15) is 29.8 Å². The van der Waals surface area contributed by atoms with Crippen LogP contribution in [-0.2, 0) is 16.6 Å². The average molecular weight is 507 g/mol. The number of ether oxygens (including phenoxy) is 1. The Hall–Kier alpha value is -2.74. The van der Waals surface area contributed by atoms with Crippen molar-refractivity contribution in [3.63, 3.8) is 0 Å². The molecule has 0 heterocycles. The van der Waals surface area contributed by atoms with Gasteiger partial charge in [-0.15, -0.1) is 0 Å². The molecule has 3 aromatic carbocycles. The number of sulfonamides is 1. The number of benzene rings is 3. The lowest BCUT2D eigenvalue weighted by molar-refractivity contribution is 0.102. The van der Waals surface area contributed by atoms with Crippen molar-refractivity contribution >= 4 is 50.5 Å². The number of nitrogens with zero attached hydrogens (tertiary/aromatic N) is 1. The molecule has 1 N–H and O–H groups in total. The third kappa shape index (κ3) is 6.63. The predicted molar refractivity (Wildman–Crippen MR) is 134 cm³/mol. The predicted octanol–water partition coefficient (Wildman–Crippen LogP) is 6.00. The topological polar surface area (TPSA) is 75.7 Å². The van der Waals surface area contributed by atoms with E-state index < -0.39 is 10.0 Å². The molecule has 0 atom stereocenters. The summed E-state index contributed by atoms with van der Waals surface area (Å²) >= 11 is 12.5. The minimum absolute atomic E-state index is 0.0157. The fourth-order valence-electron chi connectivity index (χ4n) is 3.13. The number of carbonyl (C=O) groups excluding carboxylic acids is 1. The van der Waals surface area contributed by atoms with Gasteiger partial charge in [0.15, 0.2) is 0 Å². The molecular formula is C24H24Cl2N2O4S. The van der Waals surface area contributed by atoms with Crippen LogP contribution in [-0.4, -0.2) is 26.7 Å². The van der Waals surface area contributed by atoms with Crippen molar-refractivity contribution in [1.82, 2.24) is 0 Å². The molecule has 3 rings (SSSR count). The van der Waals surface area contributed by atoms with E-state index in [1.165, 1.54) is 4.31 Å². The van der Waals surface area contributed by atoms with Crippen LogP contribution in [0, 0.1) is 0 Å². The van der Waals surface area contributed by atoms with Crippen molar-refractivity contribution in [3.8, 4) is 5.75 Å². The third-order valence-electron chi connectivity index (χ3n) is 4.64. The summed E-state index contributed by atoms with van der Waals surface area (Å²) in [6.07, 6.45) is 1.12. The highest BCUT2D eigenvalue weighted by atomic mass is 35.5. The fourth-order valence-corrected chi connectivity index (χ4v) is 4.51. The second kappa shape index (κ2) is 10.5. The van der Waals surface area contributed by atoms with Crippen molar-refractivity contribution in [1.29, 1.82) is 0 Å². The van der Waals surface area contributed by atoms with E-state index in [9.17, 15) is 13.2 Å². The average Bonchev–Trinajstić information content (AvgIpc) is 2.72. The van der Waals surface area contributed by atoms with Gasteiger partial charge < -0.3 is 10.1 Å². The van der Waals surface area contributed by atoms with E-state index in [2.05, 4.69) is 5.32 Å². The summed E-state index contributed by atoms with van der Waals surface area (Å²) in [7, 11) is -3.64. The smallest absolute Gasteiger partial charge is 0.255 e. The maximum Gasteiger partial charge on any atom is 0.255 e. The van der Waals surface area contributed by atoms with Gasteiger partial charge in [-0.1, -0.05) is 35.3 Å². The molecule has 1 amide bonds. The molecule has 0 unspecified atom stereocenters. The van der Waals surface area contributed by atoms with Crippen LogP contribution >= 0.6 is 23.2 Å². The summed E-state index contributed by atoms with van der Waals surface area (Å²) in [6.45, 7) is 3.81. The molecular weight excluding hydrogens is 483 g/mol. The minimum Gasteiger partial charge on any atom is -0.491 e. The number of rotatable bonds is 8. The number of amides is 1. The molecule has 3 aromatic rings. The molecule has 0 aliphatic rings. The third-order valence-corrected chi connectivity index (χ3v) is 6.49. The highest BCUT2D eigenvalue weighted by Gasteiger charge is 2.21. The Kier molecular flexibility index (Phi) is 7.89. The summed E-state index contributed by atoms with van der Waals surface area (Å²) in [6, 6.07) is 18.4. The van der Waals surface area contributed by atoms with E-state index in [-0.39, 0.29) is 18.6 Å². The van der Waals surface area contributed by atoms with Crippen molar-refractivity contribution in [2.45, 2.75) is 26.5 Å². The van der Waals surface area contributed by atoms with Gasteiger partial charge in [0.2, 0.25) is 10.0 Å². The number of hydrogen-bond donors (Lipinski definition) is 1. The van der Waals surface area contributed by atoms with Gasteiger partial charge in [-0.2, -0.15) is 0 Å². The Bertz CT molecular complexity index is 1230.